The molecule has 1 aromatic rings. The number of phenols is 1. The first-order valence-electron chi connectivity index (χ1n) is 15.1. The van der Waals surface area contributed by atoms with E-state index in [-0.39, 0.29) is 29.5 Å². The zero-order valence-corrected chi connectivity index (χ0v) is 26.4. The van der Waals surface area contributed by atoms with Crippen LogP contribution in [0.5, 0.6) is 5.75 Å². The standard InChI is InChI=1S/C32H55N3O5/c1-10-12-13-14-15-20-35(30(38)26(21-22(3)4)34-31(39)40-32(7,8)9)27(29(37)33-24(6)17-11-2)25-19-16-18-23(5)28(25)36/h16,18-19,22,24,26-27,36H,10-15,17,20-21H2,1-9H3,(H,33,37)(H,34,39). The summed E-state index contributed by atoms with van der Waals surface area (Å²) in [6, 6.07) is 3.23. The number of aryl methyl sites for hydroxylation is 1. The van der Waals surface area contributed by atoms with Gasteiger partial charge in [0.05, 0.1) is 0 Å². The van der Waals surface area contributed by atoms with E-state index in [0.717, 1.165) is 38.5 Å². The van der Waals surface area contributed by atoms with E-state index in [1.165, 1.54) is 0 Å². The number of nitrogens with zero attached hydrogens (tertiary/aromatic N) is 1. The van der Waals surface area contributed by atoms with Crippen LogP contribution in [0.4, 0.5) is 4.79 Å². The van der Waals surface area contributed by atoms with Crippen molar-refractivity contribution >= 4 is 17.9 Å². The van der Waals surface area contributed by atoms with Crippen molar-refractivity contribution in [2.45, 2.75) is 137 Å². The first-order valence-corrected chi connectivity index (χ1v) is 15.1. The van der Waals surface area contributed by atoms with Gasteiger partial charge in [-0.3, -0.25) is 9.59 Å². The molecule has 0 heterocycles. The van der Waals surface area contributed by atoms with E-state index in [1.54, 1.807) is 50.8 Å². The molecular weight excluding hydrogens is 506 g/mol. The molecule has 0 fully saturated rings. The van der Waals surface area contributed by atoms with Crippen LogP contribution in [-0.4, -0.2) is 52.1 Å². The van der Waals surface area contributed by atoms with E-state index in [2.05, 4.69) is 24.5 Å². The fourth-order valence-corrected chi connectivity index (χ4v) is 4.78. The van der Waals surface area contributed by atoms with E-state index in [0.29, 0.717) is 30.5 Å². The maximum absolute atomic E-state index is 14.3. The molecular formula is C32H55N3O5. The Morgan fingerprint density at radius 3 is 2.20 bits per heavy atom. The van der Waals surface area contributed by atoms with Gasteiger partial charge < -0.3 is 25.4 Å². The van der Waals surface area contributed by atoms with Crippen molar-refractivity contribution < 1.29 is 24.2 Å². The number of carbonyl (C=O) groups is 3. The Hall–Kier alpha value is -2.77. The third-order valence-corrected chi connectivity index (χ3v) is 6.72. The van der Waals surface area contributed by atoms with Crippen LogP contribution in [0.15, 0.2) is 18.2 Å². The number of ether oxygens (including phenoxy) is 1. The van der Waals surface area contributed by atoms with Gasteiger partial charge in [-0.1, -0.05) is 78.0 Å². The number of unbranched alkanes of at least 4 members (excludes halogenated alkanes) is 4. The van der Waals surface area contributed by atoms with Gasteiger partial charge in [-0.2, -0.15) is 0 Å². The van der Waals surface area contributed by atoms with E-state index in [9.17, 15) is 19.5 Å². The normalized spacial score (nSPS) is 13.8. The predicted octanol–water partition coefficient (Wildman–Crippen LogP) is 6.78. The first kappa shape index (κ1) is 35.3. The minimum Gasteiger partial charge on any atom is -0.507 e. The molecule has 0 spiro atoms. The highest BCUT2D eigenvalue weighted by Crippen LogP contribution is 2.33. The number of alkyl carbamates (subject to hydrolysis) is 1. The summed E-state index contributed by atoms with van der Waals surface area (Å²) < 4.78 is 5.47. The molecule has 1 rings (SSSR count). The molecule has 8 nitrogen and oxygen atoms in total. The Kier molecular flexibility index (Phi) is 15.1. The third-order valence-electron chi connectivity index (χ3n) is 6.72. The fourth-order valence-electron chi connectivity index (χ4n) is 4.78. The summed E-state index contributed by atoms with van der Waals surface area (Å²) in [6.45, 7) is 17.5. The molecule has 40 heavy (non-hydrogen) atoms. The molecule has 0 aliphatic heterocycles. The second-order valence-corrected chi connectivity index (χ2v) is 12.4. The number of carbonyl (C=O) groups excluding carboxylic acids is 3. The average molecular weight is 562 g/mol. The molecule has 0 saturated carbocycles. The van der Waals surface area contributed by atoms with Crippen LogP contribution in [0.3, 0.4) is 0 Å². The van der Waals surface area contributed by atoms with Crippen molar-refractivity contribution in [1.82, 2.24) is 15.5 Å². The molecule has 3 unspecified atom stereocenters. The van der Waals surface area contributed by atoms with Gasteiger partial charge in [0.2, 0.25) is 11.8 Å². The molecule has 0 aliphatic carbocycles. The summed E-state index contributed by atoms with van der Waals surface area (Å²) in [5, 5.41) is 16.9. The van der Waals surface area contributed by atoms with Crippen molar-refractivity contribution in [2.75, 3.05) is 6.54 Å². The second kappa shape index (κ2) is 17.1. The van der Waals surface area contributed by atoms with Crippen LogP contribution in [-0.2, 0) is 14.3 Å². The topological polar surface area (TPSA) is 108 Å². The summed E-state index contributed by atoms with van der Waals surface area (Å²) in [7, 11) is 0. The number of nitrogens with one attached hydrogen (secondary N) is 2. The molecule has 3 atom stereocenters. The maximum atomic E-state index is 14.3. The lowest BCUT2D eigenvalue weighted by Crippen LogP contribution is -2.54. The maximum Gasteiger partial charge on any atom is 0.408 e. The van der Waals surface area contributed by atoms with Gasteiger partial charge in [0.25, 0.3) is 0 Å². The second-order valence-electron chi connectivity index (χ2n) is 12.4. The molecule has 3 N–H and O–H groups in total. The van der Waals surface area contributed by atoms with Gasteiger partial charge in [0, 0.05) is 18.2 Å². The first-order chi connectivity index (χ1) is 18.7. The SMILES string of the molecule is CCCCCCCN(C(=O)C(CC(C)C)NC(=O)OC(C)(C)C)C(C(=O)NC(C)CCC)c1cccc(C)c1O. The van der Waals surface area contributed by atoms with Crippen molar-refractivity contribution in [3.8, 4) is 5.75 Å². The molecule has 0 aliphatic rings. The molecule has 0 radical (unpaired) electrons. The van der Waals surface area contributed by atoms with Crippen LogP contribution in [0.1, 0.15) is 124 Å². The summed E-state index contributed by atoms with van der Waals surface area (Å²) in [4.78, 5) is 42.6. The molecule has 1 aromatic carbocycles. The zero-order chi connectivity index (χ0) is 30.5. The van der Waals surface area contributed by atoms with Crippen LogP contribution < -0.4 is 10.6 Å². The number of hydrogen-bond acceptors (Lipinski definition) is 5. The highest BCUT2D eigenvalue weighted by atomic mass is 16.6. The van der Waals surface area contributed by atoms with E-state index in [1.807, 2.05) is 20.8 Å². The van der Waals surface area contributed by atoms with Crippen LogP contribution in [0, 0.1) is 12.8 Å². The highest BCUT2D eigenvalue weighted by Gasteiger charge is 2.38. The number of aromatic hydroxyl groups is 1. The van der Waals surface area contributed by atoms with Crippen molar-refractivity contribution in [2.24, 2.45) is 5.92 Å². The number of benzene rings is 1. The Balaban J connectivity index is 3.58. The lowest BCUT2D eigenvalue weighted by Gasteiger charge is -2.36. The summed E-state index contributed by atoms with van der Waals surface area (Å²) in [5.41, 5.74) is 0.279. The number of para-hydroxylation sites is 1. The van der Waals surface area contributed by atoms with Gasteiger partial charge in [-0.15, -0.1) is 0 Å². The Labute approximate surface area is 242 Å². The zero-order valence-electron chi connectivity index (χ0n) is 26.4. The minimum atomic E-state index is -1.05. The number of hydrogen-bond donors (Lipinski definition) is 3. The molecule has 8 heteroatoms. The van der Waals surface area contributed by atoms with Crippen molar-refractivity contribution in [3.63, 3.8) is 0 Å². The van der Waals surface area contributed by atoms with Crippen LogP contribution in [0.2, 0.25) is 0 Å². The predicted molar refractivity (Wildman–Crippen MR) is 161 cm³/mol. The monoisotopic (exact) mass is 561 g/mol. The summed E-state index contributed by atoms with van der Waals surface area (Å²) in [6.07, 6.45) is 6.23. The molecule has 0 aromatic heterocycles. The van der Waals surface area contributed by atoms with Gasteiger partial charge >= 0.3 is 6.09 Å². The average Bonchev–Trinajstić information content (AvgIpc) is 2.83. The molecule has 3 amide bonds. The highest BCUT2D eigenvalue weighted by molar-refractivity contribution is 5.92. The number of amides is 3. The number of rotatable bonds is 16. The van der Waals surface area contributed by atoms with Gasteiger partial charge in [0.15, 0.2) is 0 Å². The largest absolute Gasteiger partial charge is 0.507 e. The Morgan fingerprint density at radius 1 is 0.975 bits per heavy atom. The van der Waals surface area contributed by atoms with Gasteiger partial charge in [0.1, 0.15) is 23.4 Å². The van der Waals surface area contributed by atoms with E-state index in [4.69, 9.17) is 4.74 Å². The fraction of sp³-hybridized carbons (Fsp3) is 0.719. The van der Waals surface area contributed by atoms with E-state index >= 15 is 0 Å². The van der Waals surface area contributed by atoms with Crippen molar-refractivity contribution in [3.05, 3.63) is 29.3 Å². The van der Waals surface area contributed by atoms with Crippen LogP contribution in [0.25, 0.3) is 0 Å². The minimum absolute atomic E-state index is 0.00455. The van der Waals surface area contributed by atoms with E-state index < -0.39 is 23.8 Å². The molecule has 0 saturated heterocycles. The Bertz CT molecular complexity index is 941. The quantitative estimate of drug-likeness (QED) is 0.193. The smallest absolute Gasteiger partial charge is 0.408 e. The number of phenolic OH excluding ortho intramolecular Hbond substituents is 1. The lowest BCUT2D eigenvalue weighted by molar-refractivity contribution is -0.143. The van der Waals surface area contributed by atoms with Gasteiger partial charge in [-0.05, 0) is 65.4 Å². The van der Waals surface area contributed by atoms with Crippen molar-refractivity contribution in [1.29, 1.82) is 0 Å². The van der Waals surface area contributed by atoms with Gasteiger partial charge in [-0.25, -0.2) is 4.79 Å². The Morgan fingerprint density at radius 2 is 1.62 bits per heavy atom. The lowest BCUT2D eigenvalue weighted by atomic mass is 9.96. The molecule has 0 bridgehead atoms. The summed E-state index contributed by atoms with van der Waals surface area (Å²) >= 11 is 0. The third kappa shape index (κ3) is 12.2. The summed E-state index contributed by atoms with van der Waals surface area (Å²) in [5.74, 6) is -0.613. The molecule has 228 valence electrons. The van der Waals surface area contributed by atoms with Crippen LogP contribution >= 0.6 is 0 Å².